The van der Waals surface area contributed by atoms with Crippen LogP contribution in [0.25, 0.3) is 11.4 Å². The standard InChI is InChI=1S/C24H29N5O/c1-4-21-16-29(13-12-28(21)15-19-8-6-5-7-9-19)22-11-10-20(14-25-22)23-26-18(3)17(2)24(30)27-23/h5-11,14,21H,4,12-13,15-16H2,1-3H3,(H,26,27,30). The fourth-order valence-corrected chi connectivity index (χ4v) is 4.01. The number of hydrogen-bond donors (Lipinski definition) is 1. The molecule has 1 aliphatic heterocycles. The molecule has 156 valence electrons. The first-order valence-electron chi connectivity index (χ1n) is 10.6. The molecule has 0 saturated carbocycles. The predicted octanol–water partition coefficient (Wildman–Crippen LogP) is 3.55. The third kappa shape index (κ3) is 4.28. The number of anilines is 1. The highest BCUT2D eigenvalue weighted by molar-refractivity contribution is 5.56. The molecule has 1 unspecified atom stereocenters. The number of aromatic amines is 1. The number of aryl methyl sites for hydroxylation is 1. The van der Waals surface area contributed by atoms with E-state index in [4.69, 9.17) is 0 Å². The van der Waals surface area contributed by atoms with Crippen LogP contribution in [0, 0.1) is 13.8 Å². The minimum Gasteiger partial charge on any atom is -0.354 e. The summed E-state index contributed by atoms with van der Waals surface area (Å²) in [6.07, 6.45) is 2.91. The van der Waals surface area contributed by atoms with E-state index < -0.39 is 0 Å². The van der Waals surface area contributed by atoms with Gasteiger partial charge in [-0.3, -0.25) is 9.69 Å². The van der Waals surface area contributed by atoms with Crippen molar-refractivity contribution in [3.05, 3.63) is 75.8 Å². The minimum atomic E-state index is -0.0955. The summed E-state index contributed by atoms with van der Waals surface area (Å²) in [6, 6.07) is 15.2. The van der Waals surface area contributed by atoms with Crippen molar-refractivity contribution in [2.45, 2.75) is 39.8 Å². The fraction of sp³-hybridized carbons (Fsp3) is 0.375. The molecule has 3 heterocycles. The summed E-state index contributed by atoms with van der Waals surface area (Å²) < 4.78 is 0. The Morgan fingerprint density at radius 3 is 2.57 bits per heavy atom. The van der Waals surface area contributed by atoms with Crippen LogP contribution in [-0.4, -0.2) is 45.5 Å². The SMILES string of the molecule is CCC1CN(c2ccc(-c3nc(C)c(C)c(=O)[nH]3)cn2)CCN1Cc1ccccc1. The van der Waals surface area contributed by atoms with E-state index in [0.29, 0.717) is 17.4 Å². The molecule has 6 heteroatoms. The van der Waals surface area contributed by atoms with Crippen molar-refractivity contribution in [1.29, 1.82) is 0 Å². The van der Waals surface area contributed by atoms with E-state index in [0.717, 1.165) is 49.7 Å². The molecule has 6 nitrogen and oxygen atoms in total. The van der Waals surface area contributed by atoms with E-state index in [1.54, 1.807) is 13.1 Å². The van der Waals surface area contributed by atoms with Crippen molar-refractivity contribution in [2.24, 2.45) is 0 Å². The van der Waals surface area contributed by atoms with Crippen LogP contribution in [0.2, 0.25) is 0 Å². The van der Waals surface area contributed by atoms with Crippen LogP contribution in [0.3, 0.4) is 0 Å². The highest BCUT2D eigenvalue weighted by atomic mass is 16.1. The molecule has 0 bridgehead atoms. The van der Waals surface area contributed by atoms with Crippen LogP contribution in [0.1, 0.15) is 30.2 Å². The van der Waals surface area contributed by atoms with Gasteiger partial charge in [-0.2, -0.15) is 0 Å². The second-order valence-corrected chi connectivity index (χ2v) is 7.99. The number of nitrogens with one attached hydrogen (secondary N) is 1. The van der Waals surface area contributed by atoms with Crippen molar-refractivity contribution < 1.29 is 0 Å². The molecule has 1 fully saturated rings. The molecule has 3 aromatic rings. The molecule has 0 radical (unpaired) electrons. The van der Waals surface area contributed by atoms with Crippen molar-refractivity contribution in [1.82, 2.24) is 19.9 Å². The number of pyridine rings is 1. The molecule has 1 atom stereocenters. The quantitative estimate of drug-likeness (QED) is 0.706. The maximum Gasteiger partial charge on any atom is 0.254 e. The van der Waals surface area contributed by atoms with Gasteiger partial charge in [-0.1, -0.05) is 37.3 Å². The van der Waals surface area contributed by atoms with Crippen LogP contribution in [0.5, 0.6) is 0 Å². The van der Waals surface area contributed by atoms with E-state index in [1.165, 1.54) is 5.56 Å². The van der Waals surface area contributed by atoms with Gasteiger partial charge < -0.3 is 9.88 Å². The van der Waals surface area contributed by atoms with Gasteiger partial charge in [0, 0.05) is 55.2 Å². The lowest BCUT2D eigenvalue weighted by molar-refractivity contribution is 0.163. The second-order valence-electron chi connectivity index (χ2n) is 7.99. The zero-order valence-corrected chi connectivity index (χ0v) is 17.9. The van der Waals surface area contributed by atoms with E-state index in [9.17, 15) is 4.79 Å². The number of benzene rings is 1. The topological polar surface area (TPSA) is 65.1 Å². The van der Waals surface area contributed by atoms with Crippen LogP contribution in [0.4, 0.5) is 5.82 Å². The third-order valence-electron chi connectivity index (χ3n) is 6.04. The Labute approximate surface area is 177 Å². The Bertz CT molecular complexity index is 1050. The summed E-state index contributed by atoms with van der Waals surface area (Å²) >= 11 is 0. The molecular weight excluding hydrogens is 374 g/mol. The second kappa shape index (κ2) is 8.79. The molecule has 0 spiro atoms. The first-order valence-corrected chi connectivity index (χ1v) is 10.6. The van der Waals surface area contributed by atoms with Crippen LogP contribution >= 0.6 is 0 Å². The molecule has 30 heavy (non-hydrogen) atoms. The monoisotopic (exact) mass is 403 g/mol. The predicted molar refractivity (Wildman–Crippen MR) is 121 cm³/mol. The van der Waals surface area contributed by atoms with Crippen molar-refractivity contribution in [3.8, 4) is 11.4 Å². The first-order chi connectivity index (χ1) is 14.5. The van der Waals surface area contributed by atoms with E-state index in [2.05, 4.69) is 62.0 Å². The number of hydrogen-bond acceptors (Lipinski definition) is 5. The molecular formula is C24H29N5O. The maximum absolute atomic E-state index is 12.1. The van der Waals surface area contributed by atoms with Crippen LogP contribution in [0.15, 0.2) is 53.5 Å². The average Bonchev–Trinajstić information content (AvgIpc) is 2.78. The van der Waals surface area contributed by atoms with Crippen LogP contribution < -0.4 is 10.5 Å². The number of piperazine rings is 1. The smallest absolute Gasteiger partial charge is 0.254 e. The van der Waals surface area contributed by atoms with E-state index in [-0.39, 0.29) is 5.56 Å². The summed E-state index contributed by atoms with van der Waals surface area (Å²) in [5.41, 5.74) is 3.50. The molecule has 1 N–H and O–H groups in total. The highest BCUT2D eigenvalue weighted by Crippen LogP contribution is 2.22. The summed E-state index contributed by atoms with van der Waals surface area (Å²) in [5, 5.41) is 0. The number of H-pyrrole nitrogens is 1. The summed E-state index contributed by atoms with van der Waals surface area (Å²) in [5.74, 6) is 1.55. The van der Waals surface area contributed by atoms with Gasteiger partial charge in [0.2, 0.25) is 0 Å². The fourth-order valence-electron chi connectivity index (χ4n) is 4.01. The van der Waals surface area contributed by atoms with Gasteiger partial charge in [0.15, 0.2) is 0 Å². The lowest BCUT2D eigenvalue weighted by Gasteiger charge is -2.41. The van der Waals surface area contributed by atoms with Gasteiger partial charge in [-0.05, 0) is 38.0 Å². The lowest BCUT2D eigenvalue weighted by atomic mass is 10.1. The zero-order valence-electron chi connectivity index (χ0n) is 17.9. The van der Waals surface area contributed by atoms with E-state index >= 15 is 0 Å². The molecule has 1 saturated heterocycles. The third-order valence-corrected chi connectivity index (χ3v) is 6.04. The molecule has 0 aliphatic carbocycles. The first kappa shape index (κ1) is 20.3. The van der Waals surface area contributed by atoms with Crippen molar-refractivity contribution >= 4 is 5.82 Å². The zero-order chi connectivity index (χ0) is 21.1. The summed E-state index contributed by atoms with van der Waals surface area (Å²) in [6.45, 7) is 9.82. The van der Waals surface area contributed by atoms with Gasteiger partial charge in [0.05, 0.1) is 0 Å². The Kier molecular flexibility index (Phi) is 5.95. The van der Waals surface area contributed by atoms with Gasteiger partial charge in [0.25, 0.3) is 5.56 Å². The van der Waals surface area contributed by atoms with Crippen molar-refractivity contribution in [3.63, 3.8) is 0 Å². The summed E-state index contributed by atoms with van der Waals surface area (Å²) in [4.78, 5) is 29.0. The summed E-state index contributed by atoms with van der Waals surface area (Å²) in [7, 11) is 0. The van der Waals surface area contributed by atoms with Gasteiger partial charge in [-0.15, -0.1) is 0 Å². The Hall–Kier alpha value is -2.99. The molecule has 1 aliphatic rings. The molecule has 2 aromatic heterocycles. The van der Waals surface area contributed by atoms with Crippen molar-refractivity contribution in [2.75, 3.05) is 24.5 Å². The Morgan fingerprint density at radius 2 is 1.90 bits per heavy atom. The maximum atomic E-state index is 12.1. The molecule has 0 amide bonds. The number of rotatable bonds is 5. The normalized spacial score (nSPS) is 17.3. The van der Waals surface area contributed by atoms with E-state index in [1.807, 2.05) is 19.1 Å². The Balaban J connectivity index is 1.47. The van der Waals surface area contributed by atoms with Crippen LogP contribution in [-0.2, 0) is 6.54 Å². The van der Waals surface area contributed by atoms with Gasteiger partial charge in [0.1, 0.15) is 11.6 Å². The highest BCUT2D eigenvalue weighted by Gasteiger charge is 2.26. The average molecular weight is 404 g/mol. The lowest BCUT2D eigenvalue weighted by Crippen LogP contribution is -2.52. The largest absolute Gasteiger partial charge is 0.354 e. The number of nitrogens with zero attached hydrogens (tertiary/aromatic N) is 4. The molecule has 4 rings (SSSR count). The minimum absolute atomic E-state index is 0.0955. The van der Waals surface area contributed by atoms with Gasteiger partial charge >= 0.3 is 0 Å². The molecule has 1 aromatic carbocycles. The van der Waals surface area contributed by atoms with Gasteiger partial charge in [-0.25, -0.2) is 9.97 Å². The number of aromatic nitrogens is 3. The Morgan fingerprint density at radius 1 is 1.10 bits per heavy atom.